The van der Waals surface area contributed by atoms with Crippen LogP contribution >= 0.6 is 0 Å². The number of carbonyl (C=O) groups is 1. The third-order valence-corrected chi connectivity index (χ3v) is 4.46. The molecule has 0 saturated heterocycles. The number of rotatable bonds is 7. The molecule has 150 valence electrons. The summed E-state index contributed by atoms with van der Waals surface area (Å²) in [5.41, 5.74) is 2.96. The molecule has 0 spiro atoms. The summed E-state index contributed by atoms with van der Waals surface area (Å²) in [6.07, 6.45) is 1.46. The van der Waals surface area contributed by atoms with E-state index in [0.717, 1.165) is 30.9 Å². The molecular formula is C22H22F2N4O. The number of amides is 1. The Morgan fingerprint density at radius 2 is 1.55 bits per heavy atom. The Hall–Kier alpha value is -3.48. The van der Waals surface area contributed by atoms with Crippen molar-refractivity contribution in [2.75, 3.05) is 28.6 Å². The fourth-order valence-corrected chi connectivity index (χ4v) is 2.88. The van der Waals surface area contributed by atoms with E-state index in [1.807, 2.05) is 24.3 Å². The van der Waals surface area contributed by atoms with Crippen molar-refractivity contribution in [3.8, 4) is 0 Å². The minimum absolute atomic E-state index is 0.244. The Bertz CT molecular complexity index is 971. The van der Waals surface area contributed by atoms with Gasteiger partial charge in [0.1, 0.15) is 5.69 Å². The largest absolute Gasteiger partial charge is 0.372 e. The summed E-state index contributed by atoms with van der Waals surface area (Å²) in [7, 11) is 0. The van der Waals surface area contributed by atoms with Crippen LogP contribution in [-0.2, 0) is 0 Å². The standard InChI is InChI=1S/C22H22F2N4O/c1-3-28(4-2)18-9-5-15(6-10-18)27-22(29)21-12-8-17(14-25-21)26-16-7-11-19(23)20(24)13-16/h5-14,26H,3-4H2,1-2H3,(H,27,29). The molecule has 2 N–H and O–H groups in total. The van der Waals surface area contributed by atoms with Gasteiger partial charge in [-0.05, 0) is 62.4 Å². The predicted molar refractivity (Wildman–Crippen MR) is 112 cm³/mol. The molecule has 1 heterocycles. The maximum atomic E-state index is 13.3. The smallest absolute Gasteiger partial charge is 0.274 e. The molecule has 7 heteroatoms. The highest BCUT2D eigenvalue weighted by Crippen LogP contribution is 2.20. The van der Waals surface area contributed by atoms with Gasteiger partial charge in [0.25, 0.3) is 5.91 Å². The number of carbonyl (C=O) groups excluding carboxylic acids is 1. The zero-order valence-electron chi connectivity index (χ0n) is 16.2. The van der Waals surface area contributed by atoms with Crippen LogP contribution < -0.4 is 15.5 Å². The summed E-state index contributed by atoms with van der Waals surface area (Å²) in [6.45, 7) is 6.01. The van der Waals surface area contributed by atoms with Crippen LogP contribution in [0.15, 0.2) is 60.8 Å². The molecule has 0 atom stereocenters. The van der Waals surface area contributed by atoms with E-state index in [2.05, 4.69) is 34.4 Å². The molecule has 2 aromatic carbocycles. The van der Waals surface area contributed by atoms with E-state index >= 15 is 0 Å². The molecule has 3 rings (SSSR count). The van der Waals surface area contributed by atoms with Gasteiger partial charge >= 0.3 is 0 Å². The zero-order valence-corrected chi connectivity index (χ0v) is 16.2. The normalized spacial score (nSPS) is 10.5. The van der Waals surface area contributed by atoms with Gasteiger partial charge in [0, 0.05) is 36.2 Å². The van der Waals surface area contributed by atoms with Crippen LogP contribution in [0, 0.1) is 11.6 Å². The summed E-state index contributed by atoms with van der Waals surface area (Å²) in [6, 6.07) is 14.3. The number of aromatic nitrogens is 1. The second kappa shape index (κ2) is 9.14. The molecule has 0 radical (unpaired) electrons. The number of hydrogen-bond donors (Lipinski definition) is 2. The van der Waals surface area contributed by atoms with Gasteiger partial charge in [0.15, 0.2) is 11.6 Å². The zero-order chi connectivity index (χ0) is 20.8. The number of nitrogens with zero attached hydrogens (tertiary/aromatic N) is 2. The lowest BCUT2D eigenvalue weighted by Crippen LogP contribution is -2.21. The molecule has 0 bridgehead atoms. The van der Waals surface area contributed by atoms with Gasteiger partial charge in [-0.3, -0.25) is 4.79 Å². The lowest BCUT2D eigenvalue weighted by Gasteiger charge is -2.21. The van der Waals surface area contributed by atoms with E-state index in [4.69, 9.17) is 0 Å². The van der Waals surface area contributed by atoms with E-state index in [0.29, 0.717) is 17.1 Å². The minimum atomic E-state index is -0.939. The molecule has 29 heavy (non-hydrogen) atoms. The van der Waals surface area contributed by atoms with Crippen LogP contribution in [0.5, 0.6) is 0 Å². The molecular weight excluding hydrogens is 374 g/mol. The third kappa shape index (κ3) is 5.07. The van der Waals surface area contributed by atoms with Crippen molar-refractivity contribution < 1.29 is 13.6 Å². The SMILES string of the molecule is CCN(CC)c1ccc(NC(=O)c2ccc(Nc3ccc(F)c(F)c3)cn2)cc1. The van der Waals surface area contributed by atoms with Crippen LogP contribution in [0.2, 0.25) is 0 Å². The number of halogens is 2. The fraction of sp³-hybridized carbons (Fsp3) is 0.182. The first-order valence-corrected chi connectivity index (χ1v) is 9.34. The molecule has 1 amide bonds. The third-order valence-electron chi connectivity index (χ3n) is 4.46. The van der Waals surface area contributed by atoms with Crippen molar-refractivity contribution in [1.82, 2.24) is 4.98 Å². The predicted octanol–water partition coefficient (Wildman–Crippen LogP) is 5.20. The van der Waals surface area contributed by atoms with Crippen LogP contribution in [0.1, 0.15) is 24.3 Å². The maximum Gasteiger partial charge on any atom is 0.274 e. The number of nitrogens with one attached hydrogen (secondary N) is 2. The van der Waals surface area contributed by atoms with Gasteiger partial charge in [-0.2, -0.15) is 0 Å². The molecule has 0 unspecified atom stereocenters. The quantitative estimate of drug-likeness (QED) is 0.576. The highest BCUT2D eigenvalue weighted by atomic mass is 19.2. The van der Waals surface area contributed by atoms with Crippen LogP contribution in [0.25, 0.3) is 0 Å². The second-order valence-electron chi connectivity index (χ2n) is 6.36. The minimum Gasteiger partial charge on any atom is -0.372 e. The first-order valence-electron chi connectivity index (χ1n) is 9.34. The van der Waals surface area contributed by atoms with E-state index in [-0.39, 0.29) is 11.6 Å². The fourth-order valence-electron chi connectivity index (χ4n) is 2.88. The van der Waals surface area contributed by atoms with E-state index in [1.54, 1.807) is 12.1 Å². The Morgan fingerprint density at radius 3 is 2.14 bits per heavy atom. The number of pyridine rings is 1. The van der Waals surface area contributed by atoms with Gasteiger partial charge in [-0.25, -0.2) is 13.8 Å². The molecule has 0 aliphatic carbocycles. The number of anilines is 4. The summed E-state index contributed by atoms with van der Waals surface area (Å²) in [4.78, 5) is 18.7. The average molecular weight is 396 g/mol. The molecule has 5 nitrogen and oxygen atoms in total. The van der Waals surface area contributed by atoms with Crippen molar-refractivity contribution in [3.63, 3.8) is 0 Å². The Morgan fingerprint density at radius 1 is 0.897 bits per heavy atom. The summed E-state index contributed by atoms with van der Waals surface area (Å²) in [5, 5.41) is 5.72. The van der Waals surface area contributed by atoms with E-state index in [1.165, 1.54) is 12.3 Å². The van der Waals surface area contributed by atoms with E-state index in [9.17, 15) is 13.6 Å². The first-order chi connectivity index (χ1) is 14.0. The molecule has 0 aliphatic rings. The molecule has 3 aromatic rings. The summed E-state index contributed by atoms with van der Waals surface area (Å²) in [5.74, 6) is -2.18. The van der Waals surface area contributed by atoms with Gasteiger partial charge in [0.05, 0.1) is 11.9 Å². The second-order valence-corrected chi connectivity index (χ2v) is 6.36. The Balaban J connectivity index is 1.63. The Kier molecular flexibility index (Phi) is 6.39. The highest BCUT2D eigenvalue weighted by molar-refractivity contribution is 6.03. The monoisotopic (exact) mass is 396 g/mol. The van der Waals surface area contributed by atoms with Crippen LogP contribution in [0.4, 0.5) is 31.5 Å². The van der Waals surface area contributed by atoms with Gasteiger partial charge < -0.3 is 15.5 Å². The highest BCUT2D eigenvalue weighted by Gasteiger charge is 2.09. The molecule has 0 saturated carbocycles. The average Bonchev–Trinajstić information content (AvgIpc) is 2.73. The van der Waals surface area contributed by atoms with Gasteiger partial charge in [-0.15, -0.1) is 0 Å². The van der Waals surface area contributed by atoms with Crippen LogP contribution in [-0.4, -0.2) is 24.0 Å². The van der Waals surface area contributed by atoms with E-state index < -0.39 is 11.6 Å². The van der Waals surface area contributed by atoms with Crippen molar-refractivity contribution in [2.45, 2.75) is 13.8 Å². The van der Waals surface area contributed by atoms with Crippen molar-refractivity contribution in [3.05, 3.63) is 78.1 Å². The molecule has 0 fully saturated rings. The molecule has 0 aliphatic heterocycles. The van der Waals surface area contributed by atoms with Gasteiger partial charge in [-0.1, -0.05) is 0 Å². The topological polar surface area (TPSA) is 57.3 Å². The molecule has 1 aromatic heterocycles. The van der Waals surface area contributed by atoms with Crippen molar-refractivity contribution in [1.29, 1.82) is 0 Å². The lowest BCUT2D eigenvalue weighted by molar-refractivity contribution is 0.102. The Labute approximate surface area is 168 Å². The van der Waals surface area contributed by atoms with Crippen molar-refractivity contribution >= 4 is 28.7 Å². The number of hydrogen-bond acceptors (Lipinski definition) is 4. The summed E-state index contributed by atoms with van der Waals surface area (Å²) < 4.78 is 26.3. The first kappa shape index (κ1) is 20.3. The summed E-state index contributed by atoms with van der Waals surface area (Å²) >= 11 is 0. The van der Waals surface area contributed by atoms with Gasteiger partial charge in [0.2, 0.25) is 0 Å². The lowest BCUT2D eigenvalue weighted by atomic mass is 10.2. The van der Waals surface area contributed by atoms with Crippen LogP contribution in [0.3, 0.4) is 0 Å². The number of benzene rings is 2. The maximum absolute atomic E-state index is 13.3. The van der Waals surface area contributed by atoms with Crippen molar-refractivity contribution in [2.24, 2.45) is 0 Å².